The normalized spacial score (nSPS) is 22.9. The molecule has 1 fully saturated rings. The molecule has 1 aliphatic heterocycles. The summed E-state index contributed by atoms with van der Waals surface area (Å²) in [4.78, 5) is 24.7. The fraction of sp³-hybridized carbons (Fsp3) is 0.824. The van der Waals surface area contributed by atoms with E-state index in [2.05, 4.69) is 38.2 Å². The maximum Gasteiger partial charge on any atom is 0.306 e. The summed E-state index contributed by atoms with van der Waals surface area (Å²) in [6.45, 7) is 3.21. The number of unbranched alkanes of at least 4 members (excludes halogenated alkanes) is 11. The van der Waals surface area contributed by atoms with Crippen molar-refractivity contribution in [2.45, 2.75) is 160 Å². The summed E-state index contributed by atoms with van der Waals surface area (Å²) >= 11 is 0. The average Bonchev–Trinajstić information content (AvgIpc) is 3.02. The van der Waals surface area contributed by atoms with Crippen LogP contribution in [0.15, 0.2) is 24.3 Å². The molecule has 1 heterocycles. The Morgan fingerprint density at radius 2 is 1.27 bits per heavy atom. The smallest absolute Gasteiger partial charge is 0.306 e. The summed E-state index contributed by atoms with van der Waals surface area (Å²) in [5.41, 5.74) is 0. The van der Waals surface area contributed by atoms with Crippen molar-refractivity contribution in [2.75, 3.05) is 19.8 Å². The predicted molar refractivity (Wildman–Crippen MR) is 169 cm³/mol. The molecule has 44 heavy (non-hydrogen) atoms. The summed E-state index contributed by atoms with van der Waals surface area (Å²) in [6.07, 6.45) is 16.8. The van der Waals surface area contributed by atoms with E-state index < -0.39 is 55.4 Å². The van der Waals surface area contributed by atoms with Gasteiger partial charge in [-0.2, -0.15) is 0 Å². The monoisotopic (exact) mass is 628 g/mol. The predicted octanol–water partition coefficient (Wildman–Crippen LogP) is 5.04. The molecule has 0 radical (unpaired) electrons. The first-order valence-electron chi connectivity index (χ1n) is 16.9. The van der Waals surface area contributed by atoms with E-state index in [1.165, 1.54) is 25.7 Å². The van der Waals surface area contributed by atoms with Crippen LogP contribution in [0.25, 0.3) is 0 Å². The summed E-state index contributed by atoms with van der Waals surface area (Å²) in [6, 6.07) is 0. The van der Waals surface area contributed by atoms with E-state index in [0.717, 1.165) is 57.8 Å². The molecule has 0 aromatic rings. The third-order valence-electron chi connectivity index (χ3n) is 7.59. The van der Waals surface area contributed by atoms with E-state index in [4.69, 9.17) is 18.9 Å². The third-order valence-corrected chi connectivity index (χ3v) is 7.59. The number of rotatable bonds is 26. The molecular weight excluding hydrogens is 568 g/mol. The molecule has 10 nitrogen and oxygen atoms in total. The van der Waals surface area contributed by atoms with Crippen LogP contribution in [0.2, 0.25) is 0 Å². The zero-order chi connectivity index (χ0) is 32.4. The van der Waals surface area contributed by atoms with Gasteiger partial charge in [0.25, 0.3) is 0 Å². The van der Waals surface area contributed by atoms with Gasteiger partial charge in [-0.05, 0) is 44.9 Å². The van der Waals surface area contributed by atoms with Crippen molar-refractivity contribution in [1.29, 1.82) is 0 Å². The molecule has 0 aromatic heterocycles. The lowest BCUT2D eigenvalue weighted by Gasteiger charge is -2.39. The first-order chi connectivity index (χ1) is 21.3. The van der Waals surface area contributed by atoms with Crippen molar-refractivity contribution in [3.8, 4) is 0 Å². The quantitative estimate of drug-likeness (QED) is 0.0582. The molecule has 0 saturated carbocycles. The van der Waals surface area contributed by atoms with Gasteiger partial charge in [-0.15, -0.1) is 0 Å². The number of hydrogen-bond acceptors (Lipinski definition) is 10. The molecule has 6 unspecified atom stereocenters. The van der Waals surface area contributed by atoms with E-state index in [1.807, 2.05) is 0 Å². The van der Waals surface area contributed by atoms with E-state index in [-0.39, 0.29) is 26.1 Å². The topological polar surface area (TPSA) is 152 Å². The van der Waals surface area contributed by atoms with Crippen molar-refractivity contribution in [2.24, 2.45) is 0 Å². The molecule has 6 atom stereocenters. The molecule has 1 aliphatic rings. The Morgan fingerprint density at radius 3 is 1.93 bits per heavy atom. The second kappa shape index (κ2) is 26.4. The van der Waals surface area contributed by atoms with Gasteiger partial charge in [0, 0.05) is 12.8 Å². The van der Waals surface area contributed by atoms with E-state index in [0.29, 0.717) is 12.8 Å². The van der Waals surface area contributed by atoms with E-state index >= 15 is 0 Å². The fourth-order valence-corrected chi connectivity index (χ4v) is 4.80. The lowest BCUT2D eigenvalue weighted by Crippen LogP contribution is -2.59. The van der Waals surface area contributed by atoms with Crippen molar-refractivity contribution >= 4 is 11.9 Å². The first-order valence-corrected chi connectivity index (χ1v) is 16.9. The number of aliphatic hydroxyl groups excluding tert-OH is 4. The van der Waals surface area contributed by atoms with Crippen LogP contribution in [-0.2, 0) is 28.5 Å². The summed E-state index contributed by atoms with van der Waals surface area (Å²) in [7, 11) is 0. The Morgan fingerprint density at radius 1 is 0.705 bits per heavy atom. The maximum absolute atomic E-state index is 12.6. The highest BCUT2D eigenvalue weighted by Gasteiger charge is 2.44. The Hall–Kier alpha value is -1.82. The second-order valence-electron chi connectivity index (χ2n) is 11.6. The van der Waals surface area contributed by atoms with Gasteiger partial charge in [-0.25, -0.2) is 0 Å². The van der Waals surface area contributed by atoms with Crippen molar-refractivity contribution in [1.82, 2.24) is 0 Å². The van der Waals surface area contributed by atoms with Crippen LogP contribution in [0.4, 0.5) is 0 Å². The van der Waals surface area contributed by atoms with Gasteiger partial charge in [-0.3, -0.25) is 9.59 Å². The van der Waals surface area contributed by atoms with Crippen LogP contribution in [0.5, 0.6) is 0 Å². The Labute approximate surface area is 264 Å². The second-order valence-corrected chi connectivity index (χ2v) is 11.6. The van der Waals surface area contributed by atoms with Gasteiger partial charge in [0.15, 0.2) is 12.4 Å². The van der Waals surface area contributed by atoms with E-state index in [1.54, 1.807) is 0 Å². The minimum atomic E-state index is -1.59. The molecule has 1 saturated heterocycles. The highest BCUT2D eigenvalue weighted by Crippen LogP contribution is 2.22. The maximum atomic E-state index is 12.6. The molecule has 0 aliphatic carbocycles. The van der Waals surface area contributed by atoms with Crippen LogP contribution in [0.1, 0.15) is 123 Å². The highest BCUT2D eigenvalue weighted by molar-refractivity contribution is 5.70. The molecule has 10 heteroatoms. The molecule has 256 valence electrons. The van der Waals surface area contributed by atoms with Gasteiger partial charge in [-0.1, -0.05) is 89.5 Å². The third kappa shape index (κ3) is 18.9. The lowest BCUT2D eigenvalue weighted by molar-refractivity contribution is -0.305. The minimum absolute atomic E-state index is 0.214. The molecule has 0 spiro atoms. The largest absolute Gasteiger partial charge is 0.462 e. The number of esters is 2. The lowest BCUT2D eigenvalue weighted by atomic mass is 9.99. The van der Waals surface area contributed by atoms with Gasteiger partial charge in [0.2, 0.25) is 0 Å². The zero-order valence-corrected chi connectivity index (χ0v) is 27.2. The van der Waals surface area contributed by atoms with Crippen molar-refractivity contribution in [3.63, 3.8) is 0 Å². The first kappa shape index (κ1) is 40.2. The van der Waals surface area contributed by atoms with Crippen LogP contribution in [0, 0.1) is 0 Å². The highest BCUT2D eigenvalue weighted by atomic mass is 16.7. The Bertz CT molecular complexity index is 784. The number of carbonyl (C=O) groups excluding carboxylic acids is 2. The van der Waals surface area contributed by atoms with Crippen molar-refractivity contribution in [3.05, 3.63) is 24.3 Å². The van der Waals surface area contributed by atoms with Crippen LogP contribution in [0.3, 0.4) is 0 Å². The molecule has 0 aromatic carbocycles. The van der Waals surface area contributed by atoms with Gasteiger partial charge in [0.05, 0.1) is 13.2 Å². The average molecular weight is 629 g/mol. The SMILES string of the molecule is CCCCC/C=C\C/C=C\CCCCCCCC(=O)OC(COC(=O)CCCCCC)COC1OC(CO)C(O)C(O)C1O. The number of ether oxygens (including phenoxy) is 4. The minimum Gasteiger partial charge on any atom is -0.462 e. The van der Waals surface area contributed by atoms with Gasteiger partial charge in [0.1, 0.15) is 31.0 Å². The fourth-order valence-electron chi connectivity index (χ4n) is 4.80. The molecule has 0 amide bonds. The van der Waals surface area contributed by atoms with E-state index in [9.17, 15) is 30.0 Å². The zero-order valence-electron chi connectivity index (χ0n) is 27.2. The summed E-state index contributed by atoms with van der Waals surface area (Å²) in [5.74, 6) is -0.846. The Balaban J connectivity index is 2.39. The molecule has 4 N–H and O–H groups in total. The Kier molecular flexibility index (Phi) is 24.1. The number of aliphatic hydroxyl groups is 4. The summed E-state index contributed by atoms with van der Waals surface area (Å²) in [5, 5.41) is 39.6. The van der Waals surface area contributed by atoms with Crippen molar-refractivity contribution < 1.29 is 49.0 Å². The van der Waals surface area contributed by atoms with Gasteiger partial charge < -0.3 is 39.4 Å². The molecule has 1 rings (SSSR count). The van der Waals surface area contributed by atoms with Crippen LogP contribution in [-0.4, -0.2) is 89.0 Å². The van der Waals surface area contributed by atoms with Crippen LogP contribution < -0.4 is 0 Å². The summed E-state index contributed by atoms with van der Waals surface area (Å²) < 4.78 is 21.8. The number of carbonyl (C=O) groups is 2. The standard InChI is InChI=1S/C34H60O10/c1-3-5-7-9-10-11-12-13-14-15-16-17-18-19-21-23-30(37)43-27(25-41-29(36)22-20-8-6-4-2)26-42-34-33(40)32(39)31(38)28(24-35)44-34/h10-11,13-14,27-28,31-35,38-40H,3-9,12,15-26H2,1-2H3/b11-10-,14-13-. The molecular formula is C34H60O10. The van der Waals surface area contributed by atoms with Gasteiger partial charge >= 0.3 is 11.9 Å². The van der Waals surface area contributed by atoms with Crippen LogP contribution >= 0.6 is 0 Å². The number of hydrogen-bond donors (Lipinski definition) is 4. The molecule has 0 bridgehead atoms. The number of allylic oxidation sites excluding steroid dienone is 4.